The number of hydrogen-bond donors (Lipinski definition) is 2. The molecular weight excluding hydrogens is 290 g/mol. The minimum absolute atomic E-state index is 0.220. The molecule has 0 aliphatic carbocycles. The molecule has 80 valence electrons. The summed E-state index contributed by atoms with van der Waals surface area (Å²) in [5, 5.41) is 10.4. The van der Waals surface area contributed by atoms with Crippen LogP contribution in [0, 0.1) is 0 Å². The van der Waals surface area contributed by atoms with Gasteiger partial charge in [0, 0.05) is 10.5 Å². The van der Waals surface area contributed by atoms with E-state index in [4.69, 9.17) is 5.11 Å². The Hall–Kier alpha value is 0.0500. The van der Waals surface area contributed by atoms with Gasteiger partial charge >= 0.3 is 0 Å². The number of rotatable bonds is 4. The Morgan fingerprint density at radius 1 is 1.71 bits per heavy atom. The Labute approximate surface area is 95.1 Å². The number of hydrogen-bond acceptors (Lipinski definition) is 4. The number of aliphatic hydroxyl groups excluding tert-OH is 1. The third-order valence-electron chi connectivity index (χ3n) is 1.46. The molecule has 1 aromatic heterocycles. The summed E-state index contributed by atoms with van der Waals surface area (Å²) in [7, 11) is -3.50. The summed E-state index contributed by atoms with van der Waals surface area (Å²) in [5.41, 5.74) is 0. The molecular formula is C7H10BrNO3S2. The van der Waals surface area contributed by atoms with Crippen molar-refractivity contribution in [3.63, 3.8) is 0 Å². The molecule has 0 unspecified atom stereocenters. The molecule has 0 spiro atoms. The Morgan fingerprint density at radius 2 is 2.36 bits per heavy atom. The lowest BCUT2D eigenvalue weighted by Gasteiger charge is -2.10. The van der Waals surface area contributed by atoms with Crippen molar-refractivity contribution in [3.8, 4) is 0 Å². The molecule has 0 aliphatic heterocycles. The van der Waals surface area contributed by atoms with Gasteiger partial charge in [-0.15, -0.1) is 11.3 Å². The van der Waals surface area contributed by atoms with E-state index in [1.165, 1.54) is 0 Å². The normalized spacial score (nSPS) is 14.2. The van der Waals surface area contributed by atoms with Gasteiger partial charge in [0.05, 0.1) is 6.61 Å². The van der Waals surface area contributed by atoms with Crippen molar-refractivity contribution in [2.24, 2.45) is 0 Å². The third kappa shape index (κ3) is 2.77. The monoisotopic (exact) mass is 299 g/mol. The molecule has 0 saturated carbocycles. The van der Waals surface area contributed by atoms with Crippen LogP contribution in [-0.2, 0) is 10.0 Å². The van der Waals surface area contributed by atoms with Crippen molar-refractivity contribution in [2.45, 2.75) is 17.2 Å². The molecule has 1 heterocycles. The molecule has 1 rings (SSSR count). The van der Waals surface area contributed by atoms with Crippen molar-refractivity contribution in [1.82, 2.24) is 4.72 Å². The zero-order chi connectivity index (χ0) is 10.8. The van der Waals surface area contributed by atoms with E-state index in [1.54, 1.807) is 18.4 Å². The quantitative estimate of drug-likeness (QED) is 0.877. The van der Waals surface area contributed by atoms with Crippen LogP contribution >= 0.6 is 27.3 Å². The Morgan fingerprint density at radius 3 is 2.79 bits per heavy atom. The second-order valence-electron chi connectivity index (χ2n) is 2.76. The molecule has 4 nitrogen and oxygen atoms in total. The minimum atomic E-state index is -3.50. The van der Waals surface area contributed by atoms with Crippen LogP contribution in [0.25, 0.3) is 0 Å². The molecule has 0 aromatic carbocycles. The van der Waals surface area contributed by atoms with Gasteiger partial charge in [-0.3, -0.25) is 0 Å². The fourth-order valence-electron chi connectivity index (χ4n) is 0.827. The number of aliphatic hydroxyl groups is 1. The van der Waals surface area contributed by atoms with E-state index in [0.717, 1.165) is 11.3 Å². The zero-order valence-electron chi connectivity index (χ0n) is 7.40. The van der Waals surface area contributed by atoms with E-state index in [9.17, 15) is 8.42 Å². The third-order valence-corrected chi connectivity index (χ3v) is 5.72. The number of sulfonamides is 1. The summed E-state index contributed by atoms with van der Waals surface area (Å²) in [4.78, 5) is 0. The largest absolute Gasteiger partial charge is 0.395 e. The summed E-state index contributed by atoms with van der Waals surface area (Å²) in [5.74, 6) is 0. The summed E-state index contributed by atoms with van der Waals surface area (Å²) in [6.45, 7) is 1.38. The molecule has 0 bridgehead atoms. The van der Waals surface area contributed by atoms with Crippen LogP contribution in [0.4, 0.5) is 0 Å². The summed E-state index contributed by atoms with van der Waals surface area (Å²) in [6.07, 6.45) is 0. The summed E-state index contributed by atoms with van der Waals surface area (Å²) >= 11 is 4.27. The summed E-state index contributed by atoms with van der Waals surface area (Å²) in [6, 6.07) is 1.19. The first kappa shape index (κ1) is 12.1. The number of thiophene rings is 1. The maximum Gasteiger partial charge on any atom is 0.251 e. The fourth-order valence-corrected chi connectivity index (χ4v) is 4.42. The second kappa shape index (κ2) is 4.71. The molecule has 1 aromatic rings. The van der Waals surface area contributed by atoms with E-state index in [1.807, 2.05) is 0 Å². The highest BCUT2D eigenvalue weighted by Crippen LogP contribution is 2.27. The van der Waals surface area contributed by atoms with Gasteiger partial charge in [0.25, 0.3) is 10.0 Å². The zero-order valence-corrected chi connectivity index (χ0v) is 10.6. The highest BCUT2D eigenvalue weighted by molar-refractivity contribution is 9.10. The van der Waals surface area contributed by atoms with Gasteiger partial charge in [-0.25, -0.2) is 13.1 Å². The lowest BCUT2D eigenvalue weighted by Crippen LogP contribution is -2.34. The molecule has 7 heteroatoms. The second-order valence-corrected chi connectivity index (χ2v) is 6.44. The van der Waals surface area contributed by atoms with Crippen LogP contribution < -0.4 is 4.72 Å². The van der Waals surface area contributed by atoms with Gasteiger partial charge in [-0.1, -0.05) is 0 Å². The Balaban J connectivity index is 2.92. The van der Waals surface area contributed by atoms with Crippen molar-refractivity contribution >= 4 is 37.3 Å². The van der Waals surface area contributed by atoms with Crippen LogP contribution in [-0.4, -0.2) is 26.2 Å². The van der Waals surface area contributed by atoms with Crippen molar-refractivity contribution < 1.29 is 13.5 Å². The molecule has 0 radical (unpaired) electrons. The lowest BCUT2D eigenvalue weighted by atomic mass is 10.4. The van der Waals surface area contributed by atoms with Crippen molar-refractivity contribution in [3.05, 3.63) is 15.9 Å². The van der Waals surface area contributed by atoms with Crippen LogP contribution in [0.3, 0.4) is 0 Å². The van der Waals surface area contributed by atoms with Gasteiger partial charge in [0.15, 0.2) is 0 Å². The van der Waals surface area contributed by atoms with Crippen LogP contribution in [0.15, 0.2) is 20.1 Å². The molecule has 0 amide bonds. The van der Waals surface area contributed by atoms with E-state index in [-0.39, 0.29) is 10.8 Å². The molecule has 0 fully saturated rings. The first-order valence-electron chi connectivity index (χ1n) is 3.83. The van der Waals surface area contributed by atoms with Gasteiger partial charge in [-0.2, -0.15) is 0 Å². The van der Waals surface area contributed by atoms with E-state index in [2.05, 4.69) is 20.7 Å². The standard InChI is InChI=1S/C7H10BrNO3S2/c1-5(4-10)9-14(11,12)7-6(8)2-3-13-7/h2-3,5,9-10H,4H2,1H3/t5-/m1/s1. The summed E-state index contributed by atoms with van der Waals surface area (Å²) < 4.78 is 26.4. The fraction of sp³-hybridized carbons (Fsp3) is 0.429. The van der Waals surface area contributed by atoms with Gasteiger partial charge < -0.3 is 5.11 Å². The van der Waals surface area contributed by atoms with E-state index in [0.29, 0.717) is 4.47 Å². The van der Waals surface area contributed by atoms with Crippen LogP contribution in [0.5, 0.6) is 0 Å². The van der Waals surface area contributed by atoms with Crippen LogP contribution in [0.2, 0.25) is 0 Å². The number of nitrogens with one attached hydrogen (secondary N) is 1. The van der Waals surface area contributed by atoms with Crippen molar-refractivity contribution in [1.29, 1.82) is 0 Å². The predicted octanol–water partition coefficient (Wildman–Crippen LogP) is 1.17. The predicted molar refractivity (Wildman–Crippen MR) is 58.9 cm³/mol. The lowest BCUT2D eigenvalue weighted by molar-refractivity contribution is 0.265. The van der Waals surface area contributed by atoms with Crippen molar-refractivity contribution in [2.75, 3.05) is 6.61 Å². The van der Waals surface area contributed by atoms with Gasteiger partial charge in [0.2, 0.25) is 0 Å². The molecule has 2 N–H and O–H groups in total. The maximum atomic E-state index is 11.6. The molecule has 0 saturated heterocycles. The number of halogens is 1. The van der Waals surface area contributed by atoms with Crippen LogP contribution in [0.1, 0.15) is 6.92 Å². The smallest absolute Gasteiger partial charge is 0.251 e. The first-order chi connectivity index (χ1) is 6.47. The Bertz CT molecular complexity index is 401. The van der Waals surface area contributed by atoms with Gasteiger partial charge in [0.1, 0.15) is 4.21 Å². The van der Waals surface area contributed by atoms with Gasteiger partial charge in [-0.05, 0) is 34.3 Å². The topological polar surface area (TPSA) is 66.4 Å². The van der Waals surface area contributed by atoms with E-state index >= 15 is 0 Å². The SMILES string of the molecule is C[C@H](CO)NS(=O)(=O)c1sccc1Br. The molecule has 1 atom stereocenters. The first-order valence-corrected chi connectivity index (χ1v) is 6.99. The highest BCUT2D eigenvalue weighted by atomic mass is 79.9. The average Bonchev–Trinajstić information content (AvgIpc) is 2.51. The van der Waals surface area contributed by atoms with E-state index < -0.39 is 16.1 Å². The maximum absolute atomic E-state index is 11.6. The molecule has 0 aliphatic rings. The average molecular weight is 300 g/mol. The molecule has 14 heavy (non-hydrogen) atoms. The highest BCUT2D eigenvalue weighted by Gasteiger charge is 2.20. The minimum Gasteiger partial charge on any atom is -0.395 e. The Kier molecular flexibility index (Phi) is 4.08.